The summed E-state index contributed by atoms with van der Waals surface area (Å²) in [5.74, 6) is 0. The molecule has 4 nitrogen and oxygen atoms in total. The molecule has 0 aromatic heterocycles. The van der Waals surface area contributed by atoms with Gasteiger partial charge in [-0.2, -0.15) is 0 Å². The SMILES string of the molecule is CCC(C)(CC)O[SiH2]CCCN(C1CCCO1)C1CCCO1. The molecule has 0 radical (unpaired) electrons. The van der Waals surface area contributed by atoms with E-state index in [4.69, 9.17) is 13.9 Å². The third-order valence-corrected chi connectivity index (χ3v) is 7.00. The van der Waals surface area contributed by atoms with Crippen molar-refractivity contribution in [3.63, 3.8) is 0 Å². The fraction of sp³-hybridized carbons (Fsp3) is 1.00. The van der Waals surface area contributed by atoms with Gasteiger partial charge in [-0.15, -0.1) is 0 Å². The van der Waals surface area contributed by atoms with E-state index in [1.54, 1.807) is 0 Å². The monoisotopic (exact) mass is 329 g/mol. The maximum atomic E-state index is 6.22. The Morgan fingerprint density at radius 3 is 2.14 bits per heavy atom. The lowest BCUT2D eigenvalue weighted by molar-refractivity contribution is -0.116. The van der Waals surface area contributed by atoms with Crippen LogP contribution in [0, 0.1) is 0 Å². The maximum absolute atomic E-state index is 6.22. The lowest BCUT2D eigenvalue weighted by Crippen LogP contribution is -2.43. The maximum Gasteiger partial charge on any atom is 0.162 e. The molecule has 0 saturated carbocycles. The Morgan fingerprint density at radius 1 is 1.09 bits per heavy atom. The number of nitrogens with zero attached hydrogens (tertiary/aromatic N) is 1. The first kappa shape index (κ1) is 18.4. The van der Waals surface area contributed by atoms with Gasteiger partial charge in [0.2, 0.25) is 0 Å². The quantitative estimate of drug-likeness (QED) is 0.455. The van der Waals surface area contributed by atoms with Crippen LogP contribution < -0.4 is 0 Å². The van der Waals surface area contributed by atoms with Gasteiger partial charge in [-0.25, -0.2) is 0 Å². The summed E-state index contributed by atoms with van der Waals surface area (Å²) in [7, 11) is -0.409. The van der Waals surface area contributed by atoms with Crippen LogP contribution >= 0.6 is 0 Å². The lowest BCUT2D eigenvalue weighted by atomic mass is 10.0. The van der Waals surface area contributed by atoms with E-state index < -0.39 is 9.76 Å². The molecular formula is C17H35NO3Si. The molecule has 0 bridgehead atoms. The molecule has 22 heavy (non-hydrogen) atoms. The largest absolute Gasteiger partial charge is 0.419 e. The fourth-order valence-electron chi connectivity index (χ4n) is 3.29. The van der Waals surface area contributed by atoms with Crippen LogP contribution in [0.5, 0.6) is 0 Å². The predicted molar refractivity (Wildman–Crippen MR) is 92.7 cm³/mol. The van der Waals surface area contributed by atoms with Gasteiger partial charge in [-0.1, -0.05) is 13.8 Å². The molecule has 2 heterocycles. The summed E-state index contributed by atoms with van der Waals surface area (Å²) in [6.07, 6.45) is 8.76. The third kappa shape index (κ3) is 5.30. The van der Waals surface area contributed by atoms with Crippen LogP contribution in [-0.4, -0.2) is 52.5 Å². The van der Waals surface area contributed by atoms with Crippen LogP contribution in [0.3, 0.4) is 0 Å². The molecular weight excluding hydrogens is 294 g/mol. The first-order chi connectivity index (χ1) is 10.7. The Balaban J connectivity index is 1.69. The van der Waals surface area contributed by atoms with E-state index in [1.165, 1.54) is 25.3 Å². The minimum atomic E-state index is -0.409. The van der Waals surface area contributed by atoms with E-state index in [-0.39, 0.29) is 5.60 Å². The highest BCUT2D eigenvalue weighted by Crippen LogP contribution is 2.25. The van der Waals surface area contributed by atoms with Gasteiger partial charge in [0.05, 0.1) is 5.60 Å². The van der Waals surface area contributed by atoms with Crippen LogP contribution in [0.2, 0.25) is 6.04 Å². The van der Waals surface area contributed by atoms with Crippen LogP contribution in [0.4, 0.5) is 0 Å². The van der Waals surface area contributed by atoms with E-state index in [1.807, 2.05) is 0 Å². The topological polar surface area (TPSA) is 30.9 Å². The molecule has 2 rings (SSSR count). The predicted octanol–water partition coefficient (Wildman–Crippen LogP) is 3.05. The van der Waals surface area contributed by atoms with Gasteiger partial charge >= 0.3 is 0 Å². The van der Waals surface area contributed by atoms with Crippen molar-refractivity contribution in [2.45, 2.75) is 89.8 Å². The summed E-state index contributed by atoms with van der Waals surface area (Å²) < 4.78 is 18.0. The standard InChI is InChI=1S/C17H35NO3Si/c1-4-17(3,5-2)21-22-14-8-11-18(15-9-6-12-19-15)16-10-7-13-20-16/h15-16H,4-14,22H2,1-3H3. The van der Waals surface area contributed by atoms with E-state index in [9.17, 15) is 0 Å². The van der Waals surface area contributed by atoms with Gasteiger partial charge in [-0.3, -0.25) is 4.90 Å². The van der Waals surface area contributed by atoms with Crippen molar-refractivity contribution in [3.8, 4) is 0 Å². The van der Waals surface area contributed by atoms with Crippen molar-refractivity contribution in [1.82, 2.24) is 4.90 Å². The summed E-state index contributed by atoms with van der Waals surface area (Å²) in [5, 5.41) is 0. The van der Waals surface area contributed by atoms with E-state index in [2.05, 4.69) is 25.7 Å². The van der Waals surface area contributed by atoms with Gasteiger partial charge in [0, 0.05) is 19.8 Å². The smallest absolute Gasteiger partial charge is 0.162 e. The minimum Gasteiger partial charge on any atom is -0.419 e. The van der Waals surface area contributed by atoms with Crippen molar-refractivity contribution >= 4 is 9.76 Å². The summed E-state index contributed by atoms with van der Waals surface area (Å²) in [6.45, 7) is 9.64. The second kappa shape index (κ2) is 9.38. The Bertz CT molecular complexity index is 284. The Hall–Kier alpha value is 0.0569. The molecule has 2 atom stereocenters. The third-order valence-electron chi connectivity index (χ3n) is 5.31. The first-order valence-electron chi connectivity index (χ1n) is 9.31. The van der Waals surface area contributed by atoms with Crippen LogP contribution in [0.15, 0.2) is 0 Å². The average molecular weight is 330 g/mol. The second-order valence-electron chi connectivity index (χ2n) is 6.89. The molecule has 130 valence electrons. The molecule has 0 amide bonds. The molecule has 0 N–H and O–H groups in total. The lowest BCUT2D eigenvalue weighted by Gasteiger charge is -2.33. The molecule has 0 aromatic carbocycles. The summed E-state index contributed by atoms with van der Waals surface area (Å²) >= 11 is 0. The normalized spacial score (nSPS) is 26.7. The summed E-state index contributed by atoms with van der Waals surface area (Å²) in [5.41, 5.74) is 0.120. The Labute approximate surface area is 138 Å². The minimum absolute atomic E-state index is 0.120. The van der Waals surface area contributed by atoms with Crippen LogP contribution in [0.25, 0.3) is 0 Å². The zero-order chi connectivity index (χ0) is 15.8. The molecule has 0 aromatic rings. The molecule has 2 fully saturated rings. The van der Waals surface area contributed by atoms with Crippen LogP contribution in [0.1, 0.15) is 65.7 Å². The fourth-order valence-corrected chi connectivity index (χ4v) is 4.76. The van der Waals surface area contributed by atoms with E-state index in [0.29, 0.717) is 12.5 Å². The van der Waals surface area contributed by atoms with E-state index in [0.717, 1.165) is 45.4 Å². The molecule has 5 heteroatoms. The van der Waals surface area contributed by atoms with Gasteiger partial charge in [-0.05, 0) is 57.9 Å². The Morgan fingerprint density at radius 2 is 1.68 bits per heavy atom. The highest BCUT2D eigenvalue weighted by molar-refractivity contribution is 6.27. The summed E-state index contributed by atoms with van der Waals surface area (Å²) in [4.78, 5) is 2.48. The number of hydrogen-bond acceptors (Lipinski definition) is 4. The highest BCUT2D eigenvalue weighted by atomic mass is 28.2. The van der Waals surface area contributed by atoms with Crippen molar-refractivity contribution in [2.75, 3.05) is 19.8 Å². The molecule has 0 aliphatic carbocycles. The summed E-state index contributed by atoms with van der Waals surface area (Å²) in [6, 6.07) is 1.26. The zero-order valence-electron chi connectivity index (χ0n) is 14.8. The first-order valence-corrected chi connectivity index (χ1v) is 10.9. The molecule has 0 spiro atoms. The zero-order valence-corrected chi connectivity index (χ0v) is 16.2. The van der Waals surface area contributed by atoms with Crippen molar-refractivity contribution in [2.24, 2.45) is 0 Å². The van der Waals surface area contributed by atoms with Gasteiger partial charge < -0.3 is 13.9 Å². The van der Waals surface area contributed by atoms with E-state index >= 15 is 0 Å². The van der Waals surface area contributed by atoms with Crippen LogP contribution in [-0.2, 0) is 13.9 Å². The van der Waals surface area contributed by atoms with Gasteiger partial charge in [0.15, 0.2) is 9.76 Å². The number of rotatable bonds is 10. The average Bonchev–Trinajstić information content (AvgIpc) is 3.24. The molecule has 2 aliphatic rings. The molecule has 2 saturated heterocycles. The second-order valence-corrected chi connectivity index (χ2v) is 8.29. The van der Waals surface area contributed by atoms with Gasteiger partial charge in [0.25, 0.3) is 0 Å². The molecule has 2 unspecified atom stereocenters. The van der Waals surface area contributed by atoms with Crippen molar-refractivity contribution < 1.29 is 13.9 Å². The highest BCUT2D eigenvalue weighted by Gasteiger charge is 2.31. The molecule has 2 aliphatic heterocycles. The Kier molecular flexibility index (Phi) is 7.84. The van der Waals surface area contributed by atoms with Crippen molar-refractivity contribution in [3.05, 3.63) is 0 Å². The van der Waals surface area contributed by atoms with Crippen molar-refractivity contribution in [1.29, 1.82) is 0 Å². The number of hydrogen-bond donors (Lipinski definition) is 0. The van der Waals surface area contributed by atoms with Gasteiger partial charge in [0.1, 0.15) is 12.5 Å². The number of ether oxygens (including phenoxy) is 2.